The van der Waals surface area contributed by atoms with Gasteiger partial charge in [0.1, 0.15) is 40.3 Å². The van der Waals surface area contributed by atoms with Crippen molar-refractivity contribution in [3.63, 3.8) is 0 Å². The van der Waals surface area contributed by atoms with Gasteiger partial charge in [0.05, 0.1) is 65.1 Å². The predicted octanol–water partition coefficient (Wildman–Crippen LogP) is 25.9. The standard InChI is InChI=1S/C8H7N.C8H6O.C8H6S.3C7H5NS.2C5H5N.2C4H4N2.C4H5N.C4H4O.C4H4S.3C3H4N2.2C3H3NO.C3H3NS.C2H2N2O.C2H2N2S/c3*1-2-4-8-7(3-1)5-6-9-8;1-3-8-5-6-2-4-9-7(1)6;1-2-6-3-5-9-7(6)8-4-1;1-2-4-7-6(3-1)8-5-9-7;2*1-2-4-6-5-3-1;1-2-6-4-3-5-1;1-2-5-4-6-3-1;3*1-2-4-5-3-1;2*1-2-5-3-4-1;1-2-4-5-3-1;3*1-2-5-3-4-1;2*1-3-4-2-5-1/h1-6,9H;2*1-6H;3*1-5H;2*1-5H;2*1-4H;1-5H;2*1-4H;3*1-3H,(H,4,5);3*1-3H;2*1-2H. The van der Waals surface area contributed by atoms with Gasteiger partial charge in [-0.15, -0.1) is 88.4 Å². The fourth-order valence-corrected chi connectivity index (χ4v) is 12.6. The number of H-pyrrole nitrogens is 5. The van der Waals surface area contributed by atoms with Crippen molar-refractivity contribution in [3.05, 3.63) is 516 Å². The lowest BCUT2D eigenvalue weighted by molar-refractivity contribution is 0.553. The molecule has 27 aromatic rings. The summed E-state index contributed by atoms with van der Waals surface area (Å²) in [4.78, 5) is 65.4. The minimum absolute atomic E-state index is 0.956. The number of para-hydroxylation sites is 3. The number of aromatic amines is 5. The zero-order valence-corrected chi connectivity index (χ0v) is 76.7. The summed E-state index contributed by atoms with van der Waals surface area (Å²) in [7, 11) is 0. The molecule has 0 radical (unpaired) electrons. The molecule has 23 heterocycles. The Hall–Kier alpha value is -16.9. The van der Waals surface area contributed by atoms with Gasteiger partial charge in [0.25, 0.3) is 0 Å². The maximum absolute atomic E-state index is 5.12. The van der Waals surface area contributed by atoms with Crippen LogP contribution in [0, 0.1) is 0 Å². The molecule has 0 aliphatic rings. The first-order valence-electron chi connectivity index (χ1n) is 39.3. The zero-order chi connectivity index (χ0) is 92.5. The van der Waals surface area contributed by atoms with Crippen LogP contribution in [0.1, 0.15) is 0 Å². The molecule has 0 aliphatic carbocycles. The molecule has 5 N–H and O–H groups in total. The fourth-order valence-electron chi connectivity index (χ4n) is 8.53. The van der Waals surface area contributed by atoms with E-state index in [0.717, 1.165) is 21.3 Å². The molecule has 4 aromatic carbocycles. The molecule has 29 nitrogen and oxygen atoms in total. The monoisotopic (exact) mass is 1890 g/mol. The topological polar surface area (TPSA) is 390 Å². The summed E-state index contributed by atoms with van der Waals surface area (Å²) >= 11 is 11.7. The van der Waals surface area contributed by atoms with Crippen LogP contribution in [0.15, 0.2) is 538 Å². The van der Waals surface area contributed by atoms with Crippen molar-refractivity contribution in [2.75, 3.05) is 0 Å². The van der Waals surface area contributed by atoms with Crippen LogP contribution < -0.4 is 0 Å². The predicted molar refractivity (Wildman–Crippen MR) is 537 cm³/mol. The van der Waals surface area contributed by atoms with Gasteiger partial charge in [0.15, 0.2) is 12.8 Å². The third-order valence-electron chi connectivity index (χ3n) is 14.2. The van der Waals surface area contributed by atoms with E-state index in [0.29, 0.717) is 0 Å². The minimum Gasteiger partial charge on any atom is -0.473 e. The number of nitrogens with one attached hydrogen (secondary N) is 5. The molecule has 36 heteroatoms. The Balaban J connectivity index is 0.000000192. The lowest BCUT2D eigenvalue weighted by Crippen LogP contribution is -1.66. The molecule has 0 spiro atoms. The SMILES string of the molecule is c1c[nH]cn1.c1c[nH]cn1.c1cc2sccc2cn1.c1cc[nH]c1.c1ccc2[nH]ccc2c1.c1ccc2occc2c1.c1ccc2sccc2c1.c1ccc2scnc2c1.c1ccncc1.c1ccncc1.c1ccoc1.c1ccsc1.c1cn[nH]c1.c1cnc2sccc2c1.c1cnccn1.c1cncnc1.c1cocn1.c1cocn1.c1cscn1.c1nnco1.c1nncs1. The van der Waals surface area contributed by atoms with Crippen molar-refractivity contribution in [1.29, 1.82) is 0 Å². The Morgan fingerprint density at radius 2 is 0.857 bits per heavy atom. The van der Waals surface area contributed by atoms with Gasteiger partial charge in [0, 0.05) is 179 Å². The Kier molecular flexibility index (Phi) is 59.3. The number of rotatable bonds is 0. The van der Waals surface area contributed by atoms with Crippen LogP contribution in [0.3, 0.4) is 0 Å². The van der Waals surface area contributed by atoms with E-state index in [1.54, 1.807) is 240 Å². The second kappa shape index (κ2) is 76.4. The highest BCUT2D eigenvalue weighted by Crippen LogP contribution is 2.21. The van der Waals surface area contributed by atoms with E-state index in [9.17, 15) is 0 Å². The molecule has 23 aromatic heterocycles. The lowest BCUT2D eigenvalue weighted by atomic mass is 10.3. The molecule has 0 aliphatic heterocycles. The number of benzene rings is 4. The van der Waals surface area contributed by atoms with Crippen molar-refractivity contribution in [2.45, 2.75) is 0 Å². The molecule has 0 saturated heterocycles. The summed E-state index contributed by atoms with van der Waals surface area (Å²) < 4.78 is 27.0. The Labute approximate surface area is 793 Å². The number of fused-ring (bicyclic) bond motifs is 6. The Morgan fingerprint density at radius 3 is 1.27 bits per heavy atom. The van der Waals surface area contributed by atoms with Gasteiger partial charge < -0.3 is 42.0 Å². The molecular formula is C97H90N24O5S7. The highest BCUT2D eigenvalue weighted by atomic mass is 32.1. The van der Waals surface area contributed by atoms with Crippen molar-refractivity contribution in [2.24, 2.45) is 0 Å². The summed E-state index contributed by atoms with van der Waals surface area (Å²) in [6, 6.07) is 75.7. The summed E-state index contributed by atoms with van der Waals surface area (Å²) in [5.74, 6) is 0. The molecule has 27 rings (SSSR count). The van der Waals surface area contributed by atoms with Crippen molar-refractivity contribution in [1.82, 2.24) is 120 Å². The van der Waals surface area contributed by atoms with Gasteiger partial charge in [0.2, 0.25) is 12.8 Å². The number of pyridine rings is 4. The Morgan fingerprint density at radius 1 is 0.256 bits per heavy atom. The fraction of sp³-hybridized carbons (Fsp3) is 0. The summed E-state index contributed by atoms with van der Waals surface area (Å²) in [5, 5.41) is 38.3. The van der Waals surface area contributed by atoms with Crippen LogP contribution in [0.5, 0.6) is 0 Å². The van der Waals surface area contributed by atoms with E-state index < -0.39 is 0 Å². The first-order valence-corrected chi connectivity index (χ1v) is 45.6. The first-order chi connectivity index (χ1) is 66.3. The van der Waals surface area contributed by atoms with Gasteiger partial charge in [-0.3, -0.25) is 35.0 Å². The number of oxazole rings is 2. The molecule has 0 amide bonds. The van der Waals surface area contributed by atoms with Crippen LogP contribution in [-0.4, -0.2) is 120 Å². The average Bonchev–Trinajstić information content (AvgIpc) is 1.77. The van der Waals surface area contributed by atoms with Crippen molar-refractivity contribution < 1.29 is 22.1 Å². The highest BCUT2D eigenvalue weighted by molar-refractivity contribution is 7.18. The first kappa shape index (κ1) is 103. The number of hydrogen-bond donors (Lipinski definition) is 5. The average molecular weight is 1900 g/mol. The lowest BCUT2D eigenvalue weighted by Gasteiger charge is -1.83. The molecule has 670 valence electrons. The Bertz CT molecular complexity index is 5030. The molecule has 133 heavy (non-hydrogen) atoms. The number of furan rings is 2. The maximum atomic E-state index is 5.12. The van der Waals surface area contributed by atoms with Crippen LogP contribution in [0.4, 0.5) is 0 Å². The normalized spacial score (nSPS) is 8.90. The number of aromatic nitrogens is 24. The van der Waals surface area contributed by atoms with E-state index in [4.69, 9.17) is 4.42 Å². The highest BCUT2D eigenvalue weighted by Gasteiger charge is 1.94. The van der Waals surface area contributed by atoms with Gasteiger partial charge in [-0.05, 0) is 171 Å². The van der Waals surface area contributed by atoms with E-state index >= 15 is 0 Å². The van der Waals surface area contributed by atoms with Crippen LogP contribution in [0.2, 0.25) is 0 Å². The third kappa shape index (κ3) is 54.7. The summed E-state index contributed by atoms with van der Waals surface area (Å²) in [6.45, 7) is 0. The smallest absolute Gasteiger partial charge is 0.203 e. The minimum atomic E-state index is 0.956. The molecular weight excluding hydrogens is 1810 g/mol. The van der Waals surface area contributed by atoms with Crippen LogP contribution in [-0.2, 0) is 0 Å². The largest absolute Gasteiger partial charge is 0.473 e. The van der Waals surface area contributed by atoms with E-state index in [2.05, 4.69) is 227 Å². The number of imidazole rings is 2. The number of thiazole rings is 2. The molecule has 0 fully saturated rings. The zero-order valence-electron chi connectivity index (χ0n) is 71.0. The third-order valence-corrected chi connectivity index (χ3v) is 19.2. The van der Waals surface area contributed by atoms with Gasteiger partial charge in [-0.1, -0.05) is 97.1 Å². The second-order valence-corrected chi connectivity index (χ2v) is 29.2. The van der Waals surface area contributed by atoms with E-state index in [1.165, 1.54) is 96.9 Å². The number of nitrogens with zero attached hydrogens (tertiary/aromatic N) is 19. The van der Waals surface area contributed by atoms with Gasteiger partial charge in [-0.2, -0.15) is 16.4 Å². The van der Waals surface area contributed by atoms with Gasteiger partial charge in [-0.25, -0.2) is 39.9 Å². The summed E-state index contributed by atoms with van der Waals surface area (Å²) in [5.41, 5.74) is 10.3. The van der Waals surface area contributed by atoms with Crippen LogP contribution >= 0.6 is 79.4 Å². The van der Waals surface area contributed by atoms with Crippen LogP contribution in [0.25, 0.3) is 62.5 Å². The van der Waals surface area contributed by atoms with Crippen molar-refractivity contribution >= 4 is 142 Å². The van der Waals surface area contributed by atoms with E-state index in [-0.39, 0.29) is 0 Å². The molecule has 0 atom stereocenters. The molecule has 0 unspecified atom stereocenters. The number of thiophene rings is 4. The quantitative estimate of drug-likeness (QED) is 0.0941. The van der Waals surface area contributed by atoms with Gasteiger partial charge >= 0.3 is 0 Å². The molecule has 0 saturated carbocycles. The second-order valence-electron chi connectivity index (χ2n) is 23.2. The van der Waals surface area contributed by atoms with E-state index in [1.807, 2.05) is 210 Å². The summed E-state index contributed by atoms with van der Waals surface area (Å²) in [6.07, 6.45) is 61.5. The molecule has 0 bridgehead atoms. The van der Waals surface area contributed by atoms with Crippen molar-refractivity contribution in [3.8, 4) is 0 Å². The maximum Gasteiger partial charge on any atom is 0.203 e. The number of hydrogen-bond acceptors (Lipinski definition) is 31.